The third-order valence-electron chi connectivity index (χ3n) is 7.62. The van der Waals surface area contributed by atoms with Gasteiger partial charge in [0.15, 0.2) is 0 Å². The molecule has 0 radical (unpaired) electrons. The van der Waals surface area contributed by atoms with Crippen LogP contribution in [-0.4, -0.2) is 74.1 Å². The van der Waals surface area contributed by atoms with Crippen LogP contribution in [0.4, 0.5) is 5.00 Å². The first-order valence-corrected chi connectivity index (χ1v) is 15.4. The van der Waals surface area contributed by atoms with E-state index in [1.165, 1.54) is 27.8 Å². The van der Waals surface area contributed by atoms with Crippen LogP contribution in [0.25, 0.3) is 0 Å². The van der Waals surface area contributed by atoms with Crippen molar-refractivity contribution in [1.82, 2.24) is 14.1 Å². The molecule has 0 bridgehead atoms. The number of likely N-dealkylation sites (N-methyl/N-ethyl adjacent to an activating group) is 1. The van der Waals surface area contributed by atoms with E-state index < -0.39 is 10.0 Å². The molecular weight excluding hydrogens is 508 g/mol. The van der Waals surface area contributed by atoms with Crippen molar-refractivity contribution in [2.75, 3.05) is 39.0 Å². The number of rotatable bonds is 8. The Bertz CT molecular complexity index is 1230. The third kappa shape index (κ3) is 5.77. The van der Waals surface area contributed by atoms with Gasteiger partial charge >= 0.3 is 0 Å². The lowest BCUT2D eigenvalue weighted by Crippen LogP contribution is -2.38. The van der Waals surface area contributed by atoms with Crippen molar-refractivity contribution in [1.29, 1.82) is 0 Å². The molecule has 8 nitrogen and oxygen atoms in total. The van der Waals surface area contributed by atoms with Gasteiger partial charge in [-0.05, 0) is 70.0 Å². The zero-order valence-electron chi connectivity index (χ0n) is 22.2. The molecule has 10 heteroatoms. The lowest BCUT2D eigenvalue weighted by Gasteiger charge is -2.30. The van der Waals surface area contributed by atoms with Crippen LogP contribution in [0, 0.1) is 0 Å². The molecule has 0 unspecified atom stereocenters. The minimum Gasteiger partial charge on any atom is -0.339 e. The molecule has 0 saturated heterocycles. The van der Waals surface area contributed by atoms with Gasteiger partial charge in [0.25, 0.3) is 11.8 Å². The number of thiophene rings is 1. The quantitative estimate of drug-likeness (QED) is 0.529. The fourth-order valence-corrected chi connectivity index (χ4v) is 8.01. The molecule has 37 heavy (non-hydrogen) atoms. The maximum absolute atomic E-state index is 13.4. The van der Waals surface area contributed by atoms with Crippen molar-refractivity contribution in [2.24, 2.45) is 0 Å². The standard InChI is InChI=1S/C27H38N4O4S2/c1-5-31(6-2)27(33)24-22-16-17-29(3)18-23(22)36-26(24)28-25(32)19-12-14-21(15-13-19)37(34,35)30(4)20-10-8-7-9-11-20/h12-15,20H,5-11,16-18H2,1-4H3,(H,28,32). The Morgan fingerprint density at radius 3 is 2.35 bits per heavy atom. The van der Waals surface area contributed by atoms with Gasteiger partial charge in [-0.1, -0.05) is 19.3 Å². The Kier molecular flexibility index (Phi) is 8.73. The summed E-state index contributed by atoms with van der Waals surface area (Å²) in [5.74, 6) is -0.417. The summed E-state index contributed by atoms with van der Waals surface area (Å²) in [7, 11) is 0.0671. The monoisotopic (exact) mass is 546 g/mol. The lowest BCUT2D eigenvalue weighted by molar-refractivity contribution is 0.0772. The second-order valence-electron chi connectivity index (χ2n) is 9.96. The summed E-state index contributed by atoms with van der Waals surface area (Å²) in [5, 5.41) is 3.53. The molecule has 0 atom stereocenters. The van der Waals surface area contributed by atoms with Gasteiger partial charge in [-0.25, -0.2) is 8.42 Å². The molecule has 1 aliphatic heterocycles. The number of nitrogens with zero attached hydrogens (tertiary/aromatic N) is 3. The molecule has 2 aromatic rings. The van der Waals surface area contributed by atoms with E-state index in [4.69, 9.17) is 0 Å². The average molecular weight is 547 g/mol. The first-order chi connectivity index (χ1) is 17.7. The first kappa shape index (κ1) is 27.8. The average Bonchev–Trinajstić information content (AvgIpc) is 3.25. The van der Waals surface area contributed by atoms with Crippen LogP contribution >= 0.6 is 11.3 Å². The van der Waals surface area contributed by atoms with Crippen LogP contribution in [-0.2, 0) is 23.0 Å². The maximum Gasteiger partial charge on any atom is 0.257 e. The van der Waals surface area contributed by atoms with Crippen molar-refractivity contribution >= 4 is 38.2 Å². The van der Waals surface area contributed by atoms with E-state index in [-0.39, 0.29) is 22.8 Å². The van der Waals surface area contributed by atoms with Crippen LogP contribution in [0.15, 0.2) is 29.2 Å². The van der Waals surface area contributed by atoms with Gasteiger partial charge in [0.1, 0.15) is 5.00 Å². The van der Waals surface area contributed by atoms with Crippen molar-refractivity contribution < 1.29 is 18.0 Å². The maximum atomic E-state index is 13.4. The predicted molar refractivity (Wildman–Crippen MR) is 148 cm³/mol. The summed E-state index contributed by atoms with van der Waals surface area (Å²) >= 11 is 1.46. The van der Waals surface area contributed by atoms with Crippen molar-refractivity contribution in [3.05, 3.63) is 45.8 Å². The minimum absolute atomic E-state index is 0.0207. The number of amides is 2. The molecule has 1 saturated carbocycles. The highest BCUT2D eigenvalue weighted by Crippen LogP contribution is 2.38. The Labute approximate surface area is 224 Å². The number of sulfonamides is 1. The molecule has 2 aliphatic rings. The highest BCUT2D eigenvalue weighted by Gasteiger charge is 2.31. The molecule has 1 N–H and O–H groups in total. The number of hydrogen-bond donors (Lipinski definition) is 1. The van der Waals surface area contributed by atoms with Crippen molar-refractivity contribution in [3.8, 4) is 0 Å². The highest BCUT2D eigenvalue weighted by atomic mass is 32.2. The van der Waals surface area contributed by atoms with E-state index >= 15 is 0 Å². The van der Waals surface area contributed by atoms with E-state index in [1.807, 2.05) is 20.9 Å². The molecule has 1 aromatic carbocycles. The van der Waals surface area contributed by atoms with E-state index in [0.29, 0.717) is 29.2 Å². The molecule has 0 spiro atoms. The smallest absolute Gasteiger partial charge is 0.257 e. The summed E-state index contributed by atoms with van der Waals surface area (Å²) in [6, 6.07) is 6.11. The minimum atomic E-state index is -3.63. The largest absolute Gasteiger partial charge is 0.339 e. The molecule has 2 heterocycles. The summed E-state index contributed by atoms with van der Waals surface area (Å²) < 4.78 is 27.8. The topological polar surface area (TPSA) is 90.0 Å². The van der Waals surface area contributed by atoms with Crippen molar-refractivity contribution in [3.63, 3.8) is 0 Å². The van der Waals surface area contributed by atoms with Crippen LogP contribution in [0.5, 0.6) is 0 Å². The molecule has 4 rings (SSSR count). The second-order valence-corrected chi connectivity index (χ2v) is 13.1. The van der Waals surface area contributed by atoms with Crippen LogP contribution in [0.1, 0.15) is 77.1 Å². The Morgan fingerprint density at radius 2 is 1.73 bits per heavy atom. The Morgan fingerprint density at radius 1 is 1.08 bits per heavy atom. The number of benzene rings is 1. The fourth-order valence-electron chi connectivity index (χ4n) is 5.28. The Balaban J connectivity index is 1.56. The molecule has 1 aliphatic carbocycles. The summed E-state index contributed by atoms with van der Waals surface area (Å²) in [6.07, 6.45) is 5.77. The summed E-state index contributed by atoms with van der Waals surface area (Å²) in [4.78, 5) is 31.9. The fraction of sp³-hybridized carbons (Fsp3) is 0.556. The lowest BCUT2D eigenvalue weighted by atomic mass is 9.96. The van der Waals surface area contributed by atoms with E-state index in [9.17, 15) is 18.0 Å². The van der Waals surface area contributed by atoms with E-state index in [1.54, 1.807) is 24.1 Å². The van der Waals surface area contributed by atoms with Crippen LogP contribution < -0.4 is 5.32 Å². The predicted octanol–water partition coefficient (Wildman–Crippen LogP) is 4.42. The number of fused-ring (bicyclic) bond motifs is 1. The first-order valence-electron chi connectivity index (χ1n) is 13.2. The number of carbonyl (C=O) groups is 2. The van der Waals surface area contributed by atoms with Gasteiger partial charge in [0.05, 0.1) is 10.5 Å². The van der Waals surface area contributed by atoms with Gasteiger partial charge in [0.2, 0.25) is 10.0 Å². The number of nitrogens with one attached hydrogen (secondary N) is 1. The van der Waals surface area contributed by atoms with Crippen LogP contribution in [0.3, 0.4) is 0 Å². The van der Waals surface area contributed by atoms with Crippen LogP contribution in [0.2, 0.25) is 0 Å². The molecule has 2 amide bonds. The van der Waals surface area contributed by atoms with E-state index in [2.05, 4.69) is 10.2 Å². The zero-order valence-corrected chi connectivity index (χ0v) is 23.9. The number of anilines is 1. The summed E-state index contributed by atoms with van der Waals surface area (Å²) in [6.45, 7) is 6.70. The molecular formula is C27H38N4O4S2. The van der Waals surface area contributed by atoms with E-state index in [0.717, 1.165) is 62.1 Å². The van der Waals surface area contributed by atoms with Gasteiger partial charge in [-0.2, -0.15) is 4.31 Å². The summed E-state index contributed by atoms with van der Waals surface area (Å²) in [5.41, 5.74) is 1.98. The van der Waals surface area contributed by atoms with Gasteiger partial charge in [-0.15, -0.1) is 11.3 Å². The third-order valence-corrected chi connectivity index (χ3v) is 10.7. The van der Waals surface area contributed by atoms with Crippen molar-refractivity contribution in [2.45, 2.75) is 69.9 Å². The van der Waals surface area contributed by atoms with Gasteiger partial charge in [-0.3, -0.25) is 9.59 Å². The SMILES string of the molecule is CCN(CC)C(=O)c1c(NC(=O)c2ccc(S(=O)(=O)N(C)C3CCCCC3)cc2)sc2c1CCN(C)C2. The van der Waals surface area contributed by atoms with Gasteiger partial charge < -0.3 is 15.1 Å². The normalized spacial score (nSPS) is 17.0. The van der Waals surface area contributed by atoms with Gasteiger partial charge in [0, 0.05) is 49.7 Å². The molecule has 1 aromatic heterocycles. The molecule has 1 fully saturated rings. The zero-order chi connectivity index (χ0) is 26.7. The highest BCUT2D eigenvalue weighted by molar-refractivity contribution is 7.89. The molecule has 202 valence electrons. The second kappa shape index (κ2) is 11.6. The Hall–Kier alpha value is -2.27. The number of hydrogen-bond acceptors (Lipinski definition) is 6. The number of carbonyl (C=O) groups excluding carboxylic acids is 2.